The zero-order valence-electron chi connectivity index (χ0n) is 13.5. The van der Waals surface area contributed by atoms with Crippen molar-refractivity contribution in [3.63, 3.8) is 0 Å². The third-order valence-electron chi connectivity index (χ3n) is 3.30. The van der Waals surface area contributed by atoms with Crippen LogP contribution in [0.1, 0.15) is 52.1 Å². The van der Waals surface area contributed by atoms with E-state index in [4.69, 9.17) is 0 Å². The van der Waals surface area contributed by atoms with Crippen LogP contribution in [0.15, 0.2) is 29.2 Å². The van der Waals surface area contributed by atoms with Gasteiger partial charge in [-0.05, 0) is 43.0 Å². The molecule has 5 heteroatoms. The topological polar surface area (TPSA) is 58.2 Å². The van der Waals surface area contributed by atoms with Crippen molar-refractivity contribution >= 4 is 10.0 Å². The number of hydrogen-bond acceptors (Lipinski definition) is 3. The first-order valence-corrected chi connectivity index (χ1v) is 9.22. The molecule has 1 aromatic carbocycles. The smallest absolute Gasteiger partial charge is 0.240 e. The summed E-state index contributed by atoms with van der Waals surface area (Å²) in [6.07, 6.45) is 1.99. The van der Waals surface area contributed by atoms with E-state index in [2.05, 4.69) is 23.9 Å². The van der Waals surface area contributed by atoms with E-state index in [1.54, 1.807) is 12.1 Å². The lowest BCUT2D eigenvalue weighted by molar-refractivity contribution is 0.517. The van der Waals surface area contributed by atoms with Crippen LogP contribution >= 0.6 is 0 Å². The summed E-state index contributed by atoms with van der Waals surface area (Å²) in [4.78, 5) is 0.345. The Labute approximate surface area is 129 Å². The Morgan fingerprint density at radius 3 is 2.48 bits per heavy atom. The number of rotatable bonds is 9. The molecule has 1 aromatic rings. The molecule has 0 heterocycles. The van der Waals surface area contributed by atoms with E-state index in [1.165, 1.54) is 0 Å². The molecule has 0 amide bonds. The molecule has 0 aliphatic heterocycles. The van der Waals surface area contributed by atoms with Crippen molar-refractivity contribution in [2.75, 3.05) is 13.1 Å². The van der Waals surface area contributed by atoms with Gasteiger partial charge in [0, 0.05) is 12.6 Å². The Hall–Kier alpha value is -0.910. The van der Waals surface area contributed by atoms with Gasteiger partial charge in [-0.25, -0.2) is 13.1 Å². The third kappa shape index (κ3) is 5.77. The molecule has 21 heavy (non-hydrogen) atoms. The predicted octanol–water partition coefficient (Wildman–Crippen LogP) is 3.07. The molecule has 0 fully saturated rings. The van der Waals surface area contributed by atoms with Gasteiger partial charge in [-0.15, -0.1) is 0 Å². The maximum atomic E-state index is 12.3. The van der Waals surface area contributed by atoms with Gasteiger partial charge in [0.15, 0.2) is 0 Å². The minimum atomic E-state index is -3.42. The zero-order chi connectivity index (χ0) is 15.9. The molecular weight excluding hydrogens is 284 g/mol. The van der Waals surface area contributed by atoms with Crippen LogP contribution < -0.4 is 10.0 Å². The van der Waals surface area contributed by atoms with Gasteiger partial charge in [-0.1, -0.05) is 39.8 Å². The lowest BCUT2D eigenvalue weighted by Crippen LogP contribution is -2.28. The highest BCUT2D eigenvalue weighted by atomic mass is 32.2. The van der Waals surface area contributed by atoms with Crippen molar-refractivity contribution in [1.82, 2.24) is 10.0 Å². The van der Waals surface area contributed by atoms with Gasteiger partial charge < -0.3 is 5.32 Å². The molecule has 2 N–H and O–H groups in total. The van der Waals surface area contributed by atoms with Crippen molar-refractivity contribution < 1.29 is 8.42 Å². The summed E-state index contributed by atoms with van der Waals surface area (Å²) >= 11 is 0. The minimum absolute atomic E-state index is 0.199. The van der Waals surface area contributed by atoms with E-state index in [1.807, 2.05) is 26.0 Å². The fraction of sp³-hybridized carbons (Fsp3) is 0.625. The van der Waals surface area contributed by atoms with Gasteiger partial charge in [-0.3, -0.25) is 0 Å². The van der Waals surface area contributed by atoms with Gasteiger partial charge in [0.05, 0.1) is 4.90 Å². The Bertz CT molecular complexity index is 527. The Morgan fingerprint density at radius 1 is 1.19 bits per heavy atom. The van der Waals surface area contributed by atoms with Gasteiger partial charge in [0.25, 0.3) is 0 Å². The van der Waals surface area contributed by atoms with Crippen molar-refractivity contribution in [1.29, 1.82) is 0 Å². The molecule has 120 valence electrons. The average Bonchev–Trinajstić information content (AvgIpc) is 2.46. The van der Waals surface area contributed by atoms with Crippen LogP contribution in [0.3, 0.4) is 0 Å². The first-order chi connectivity index (χ1) is 9.90. The fourth-order valence-electron chi connectivity index (χ4n) is 2.07. The molecule has 0 bridgehead atoms. The molecule has 0 saturated heterocycles. The lowest BCUT2D eigenvalue weighted by atomic mass is 10.0. The van der Waals surface area contributed by atoms with Gasteiger partial charge in [-0.2, -0.15) is 0 Å². The highest BCUT2D eigenvalue weighted by molar-refractivity contribution is 7.89. The molecular formula is C16H28N2O2S. The normalized spacial score (nSPS) is 13.6. The van der Waals surface area contributed by atoms with E-state index in [-0.39, 0.29) is 12.0 Å². The van der Waals surface area contributed by atoms with Crippen LogP contribution in [-0.4, -0.2) is 21.5 Å². The van der Waals surface area contributed by atoms with Crippen molar-refractivity contribution in [2.24, 2.45) is 5.92 Å². The van der Waals surface area contributed by atoms with E-state index in [9.17, 15) is 8.42 Å². The summed E-state index contributed by atoms with van der Waals surface area (Å²) in [7, 11) is -3.42. The molecule has 4 nitrogen and oxygen atoms in total. The number of benzene rings is 1. The SMILES string of the molecule is CCCNC(CC)c1cccc(S(=O)(=O)NCC(C)C)c1. The third-order valence-corrected chi connectivity index (χ3v) is 4.72. The second-order valence-electron chi connectivity index (χ2n) is 5.73. The maximum Gasteiger partial charge on any atom is 0.240 e. The average molecular weight is 312 g/mol. The molecule has 0 radical (unpaired) electrons. The van der Waals surface area contributed by atoms with Crippen molar-refractivity contribution in [2.45, 2.75) is 51.5 Å². The number of nitrogens with one attached hydrogen (secondary N) is 2. The number of hydrogen-bond donors (Lipinski definition) is 2. The summed E-state index contributed by atoms with van der Waals surface area (Å²) in [5, 5.41) is 3.45. The number of sulfonamides is 1. The van der Waals surface area contributed by atoms with Gasteiger partial charge in [0.1, 0.15) is 0 Å². The van der Waals surface area contributed by atoms with Crippen LogP contribution in [0, 0.1) is 5.92 Å². The van der Waals surface area contributed by atoms with Crippen molar-refractivity contribution in [3.05, 3.63) is 29.8 Å². The standard InChI is InChI=1S/C16H28N2O2S/c1-5-10-17-16(6-2)14-8-7-9-15(11-14)21(19,20)18-12-13(3)4/h7-9,11,13,16-18H,5-6,10,12H2,1-4H3. The molecule has 0 aliphatic carbocycles. The van der Waals surface area contributed by atoms with Crippen molar-refractivity contribution in [3.8, 4) is 0 Å². The van der Waals surface area contributed by atoms with Crippen LogP contribution in [0.4, 0.5) is 0 Å². The van der Waals surface area contributed by atoms with E-state index >= 15 is 0 Å². The highest BCUT2D eigenvalue weighted by Crippen LogP contribution is 2.20. The molecule has 1 rings (SSSR count). The quantitative estimate of drug-likeness (QED) is 0.737. The highest BCUT2D eigenvalue weighted by Gasteiger charge is 2.16. The molecule has 1 atom stereocenters. The second kappa shape index (κ2) is 8.51. The molecule has 0 aliphatic rings. The minimum Gasteiger partial charge on any atom is -0.310 e. The monoisotopic (exact) mass is 312 g/mol. The summed E-state index contributed by atoms with van der Waals surface area (Å²) in [6.45, 7) is 9.59. The fourth-order valence-corrected chi connectivity index (χ4v) is 3.34. The van der Waals surface area contributed by atoms with Gasteiger partial charge in [0.2, 0.25) is 10.0 Å². The Balaban J connectivity index is 2.93. The Morgan fingerprint density at radius 2 is 1.90 bits per heavy atom. The molecule has 0 saturated carbocycles. The summed E-state index contributed by atoms with van der Waals surface area (Å²) in [5.74, 6) is 0.289. The Kier molecular flexibility index (Phi) is 7.35. The summed E-state index contributed by atoms with van der Waals surface area (Å²) < 4.78 is 27.2. The van der Waals surface area contributed by atoms with Crippen LogP contribution in [-0.2, 0) is 10.0 Å². The zero-order valence-corrected chi connectivity index (χ0v) is 14.3. The summed E-state index contributed by atoms with van der Waals surface area (Å²) in [5.41, 5.74) is 1.03. The van der Waals surface area contributed by atoms with Crippen LogP contribution in [0.5, 0.6) is 0 Å². The predicted molar refractivity (Wildman–Crippen MR) is 87.8 cm³/mol. The first kappa shape index (κ1) is 18.1. The van der Waals surface area contributed by atoms with Crippen LogP contribution in [0.2, 0.25) is 0 Å². The second-order valence-corrected chi connectivity index (χ2v) is 7.50. The molecule has 0 spiro atoms. The van der Waals surface area contributed by atoms with E-state index in [0.29, 0.717) is 11.4 Å². The molecule has 1 unspecified atom stereocenters. The van der Waals surface area contributed by atoms with Crippen LogP contribution in [0.25, 0.3) is 0 Å². The first-order valence-electron chi connectivity index (χ1n) is 7.73. The molecule has 0 aromatic heterocycles. The van der Waals surface area contributed by atoms with E-state index in [0.717, 1.165) is 24.9 Å². The largest absolute Gasteiger partial charge is 0.310 e. The lowest BCUT2D eigenvalue weighted by Gasteiger charge is -2.18. The van der Waals surface area contributed by atoms with Gasteiger partial charge >= 0.3 is 0 Å². The van der Waals surface area contributed by atoms with E-state index < -0.39 is 10.0 Å². The maximum absolute atomic E-state index is 12.3. The summed E-state index contributed by atoms with van der Waals surface area (Å²) in [6, 6.07) is 7.43.